The number of para-hydroxylation sites is 2. The second-order valence-electron chi connectivity index (χ2n) is 14.1. The van der Waals surface area contributed by atoms with Crippen LogP contribution in [0.15, 0.2) is 170 Å². The van der Waals surface area contributed by atoms with Gasteiger partial charge in [0, 0.05) is 22.5 Å². The number of carbonyl (C=O) groups is 2. The van der Waals surface area contributed by atoms with Crippen LogP contribution in [0.4, 0.5) is 22.7 Å². The van der Waals surface area contributed by atoms with Crippen LogP contribution in [0.2, 0.25) is 0 Å². The van der Waals surface area contributed by atoms with Gasteiger partial charge >= 0.3 is 0 Å². The van der Waals surface area contributed by atoms with Crippen molar-refractivity contribution < 1.29 is 29.5 Å². The van der Waals surface area contributed by atoms with Crippen molar-refractivity contribution in [2.45, 2.75) is 19.6 Å². The number of anilines is 4. The van der Waals surface area contributed by atoms with Crippen molar-refractivity contribution in [1.82, 2.24) is 0 Å². The van der Waals surface area contributed by atoms with Gasteiger partial charge in [-0.15, -0.1) is 0 Å². The van der Waals surface area contributed by atoms with Gasteiger partial charge in [0.2, 0.25) is 0 Å². The maximum atomic E-state index is 13.3. The van der Waals surface area contributed by atoms with Crippen molar-refractivity contribution in [1.29, 1.82) is 0 Å². The van der Waals surface area contributed by atoms with Gasteiger partial charge in [-0.1, -0.05) is 78.9 Å². The lowest BCUT2D eigenvalue weighted by atomic mass is 10.0. The molecule has 0 bridgehead atoms. The Hall–Kier alpha value is -7.66. The molecule has 292 valence electrons. The van der Waals surface area contributed by atoms with Crippen molar-refractivity contribution in [2.75, 3.05) is 21.6 Å². The molecule has 8 aromatic carbocycles. The van der Waals surface area contributed by atoms with E-state index in [1.807, 2.05) is 121 Å². The van der Waals surface area contributed by atoms with Gasteiger partial charge in [0.25, 0.3) is 11.8 Å². The standard InChI is InChI=1S/C49H40N4O6/c54-46-28-35-16-11-34(30-58-52-43-9-5-2-6-10-43)24-38(35)26-40(46)31-59-53-44-21-14-33(15-22-44)23-32-12-19-42(20-13-32)51-49(57)45-27-39-25-37(18-17-36(39)29-47(45)55)48(56)50-41-7-3-1-4-8-41/h1-22,24-29,52-55H,23,30-31H2,(H,50,56)(H,51,57). The van der Waals surface area contributed by atoms with Gasteiger partial charge in [-0.2, -0.15) is 0 Å². The second kappa shape index (κ2) is 17.6. The largest absolute Gasteiger partial charge is 0.508 e. The lowest BCUT2D eigenvalue weighted by Gasteiger charge is -2.12. The molecule has 2 amide bonds. The summed E-state index contributed by atoms with van der Waals surface area (Å²) in [5.74, 6) is -0.743. The van der Waals surface area contributed by atoms with Crippen molar-refractivity contribution in [3.05, 3.63) is 203 Å². The third-order valence-electron chi connectivity index (χ3n) is 9.79. The molecule has 8 rings (SSSR count). The van der Waals surface area contributed by atoms with Gasteiger partial charge in [0.15, 0.2) is 0 Å². The van der Waals surface area contributed by atoms with E-state index < -0.39 is 5.91 Å². The first-order chi connectivity index (χ1) is 28.8. The van der Waals surface area contributed by atoms with Crippen LogP contribution in [-0.4, -0.2) is 22.0 Å². The van der Waals surface area contributed by atoms with Gasteiger partial charge in [-0.3, -0.25) is 30.2 Å². The zero-order valence-electron chi connectivity index (χ0n) is 31.8. The SMILES string of the molecule is O=C(Nc1ccccc1)c1ccc2cc(O)c(C(=O)Nc3ccc(Cc4ccc(NOCc5cc6cc(CONc7ccccc7)ccc6cc5O)cc4)cc3)cc2c1. The maximum absolute atomic E-state index is 13.3. The van der Waals surface area contributed by atoms with Crippen molar-refractivity contribution >= 4 is 56.1 Å². The highest BCUT2D eigenvalue weighted by Gasteiger charge is 2.15. The van der Waals surface area contributed by atoms with Crippen LogP contribution in [0.3, 0.4) is 0 Å². The summed E-state index contributed by atoms with van der Waals surface area (Å²) in [5.41, 5.74) is 13.1. The third kappa shape index (κ3) is 9.66. The molecule has 0 radical (unpaired) electrons. The van der Waals surface area contributed by atoms with E-state index in [2.05, 4.69) is 21.6 Å². The number of hydrogen-bond donors (Lipinski definition) is 6. The average molecular weight is 781 g/mol. The molecule has 0 aliphatic rings. The van der Waals surface area contributed by atoms with Crippen LogP contribution in [-0.2, 0) is 29.3 Å². The Balaban J connectivity index is 0.828. The molecule has 0 spiro atoms. The average Bonchev–Trinajstić information content (AvgIpc) is 3.25. The number of rotatable bonds is 14. The van der Waals surface area contributed by atoms with Gasteiger partial charge in [0.05, 0.1) is 23.5 Å². The number of amides is 2. The first kappa shape index (κ1) is 38.2. The summed E-state index contributed by atoms with van der Waals surface area (Å²) in [6, 6.07) is 52.1. The molecule has 0 aliphatic carbocycles. The molecule has 10 nitrogen and oxygen atoms in total. The maximum Gasteiger partial charge on any atom is 0.259 e. The number of aromatic hydroxyl groups is 2. The Morgan fingerprint density at radius 1 is 0.441 bits per heavy atom. The van der Waals surface area contributed by atoms with E-state index in [9.17, 15) is 19.8 Å². The first-order valence-corrected chi connectivity index (χ1v) is 19.0. The van der Waals surface area contributed by atoms with Crippen molar-refractivity contribution in [3.63, 3.8) is 0 Å². The minimum absolute atomic E-state index is 0.0988. The summed E-state index contributed by atoms with van der Waals surface area (Å²) in [7, 11) is 0. The number of carbonyl (C=O) groups excluding carboxylic acids is 2. The monoisotopic (exact) mass is 780 g/mol. The predicted octanol–water partition coefficient (Wildman–Crippen LogP) is 10.6. The minimum Gasteiger partial charge on any atom is -0.508 e. The molecule has 0 unspecified atom stereocenters. The van der Waals surface area contributed by atoms with E-state index in [1.54, 1.807) is 42.5 Å². The second-order valence-corrected chi connectivity index (χ2v) is 14.1. The number of hydrogen-bond acceptors (Lipinski definition) is 8. The minimum atomic E-state index is -0.468. The highest BCUT2D eigenvalue weighted by Crippen LogP contribution is 2.29. The molecule has 0 saturated carbocycles. The molecule has 0 fully saturated rings. The molecule has 6 N–H and O–H groups in total. The number of nitrogens with one attached hydrogen (secondary N) is 4. The van der Waals surface area contributed by atoms with Crippen LogP contribution in [0.5, 0.6) is 11.5 Å². The summed E-state index contributed by atoms with van der Waals surface area (Å²) in [6.45, 7) is 0.526. The van der Waals surface area contributed by atoms with E-state index in [1.165, 1.54) is 6.07 Å². The van der Waals surface area contributed by atoms with Crippen molar-refractivity contribution in [3.8, 4) is 11.5 Å². The number of fused-ring (bicyclic) bond motifs is 2. The van der Waals surface area contributed by atoms with Crippen LogP contribution < -0.4 is 21.6 Å². The Morgan fingerprint density at radius 2 is 0.966 bits per heavy atom. The van der Waals surface area contributed by atoms with Crippen molar-refractivity contribution in [2.24, 2.45) is 0 Å². The number of phenols is 2. The molecule has 10 heteroatoms. The highest BCUT2D eigenvalue weighted by molar-refractivity contribution is 6.10. The van der Waals surface area contributed by atoms with Crippen LogP contribution in [0.1, 0.15) is 43.0 Å². The summed E-state index contributed by atoms with van der Waals surface area (Å²) in [5, 5.41) is 30.3. The van der Waals surface area contributed by atoms with E-state index in [-0.39, 0.29) is 29.6 Å². The van der Waals surface area contributed by atoms with Crippen LogP contribution in [0.25, 0.3) is 21.5 Å². The fourth-order valence-electron chi connectivity index (χ4n) is 6.66. The van der Waals surface area contributed by atoms with Gasteiger partial charge in [0.1, 0.15) is 18.1 Å². The summed E-state index contributed by atoms with van der Waals surface area (Å²) in [6.07, 6.45) is 0.668. The van der Waals surface area contributed by atoms with Crippen LogP contribution in [0, 0.1) is 0 Å². The lowest BCUT2D eigenvalue weighted by molar-refractivity contribution is 0.101. The molecule has 0 saturated heterocycles. The van der Waals surface area contributed by atoms with Gasteiger partial charge in [-0.25, -0.2) is 0 Å². The third-order valence-corrected chi connectivity index (χ3v) is 9.79. The lowest BCUT2D eigenvalue weighted by Crippen LogP contribution is -2.13. The Bertz CT molecular complexity index is 2740. The Kier molecular flexibility index (Phi) is 11.4. The molecule has 0 aromatic heterocycles. The normalized spacial score (nSPS) is 11.0. The zero-order valence-corrected chi connectivity index (χ0v) is 31.8. The van der Waals surface area contributed by atoms with E-state index >= 15 is 0 Å². The van der Waals surface area contributed by atoms with Gasteiger partial charge in [-0.05, 0) is 136 Å². The quantitative estimate of drug-likeness (QED) is 0.0599. The van der Waals surface area contributed by atoms with E-state index in [0.29, 0.717) is 46.3 Å². The summed E-state index contributed by atoms with van der Waals surface area (Å²) >= 11 is 0. The molecule has 8 aromatic rings. The van der Waals surface area contributed by atoms with E-state index in [4.69, 9.17) is 9.68 Å². The molecule has 59 heavy (non-hydrogen) atoms. The van der Waals surface area contributed by atoms with Gasteiger partial charge < -0.3 is 20.8 Å². The molecule has 0 atom stereocenters. The fraction of sp³-hybridized carbons (Fsp3) is 0.0612. The first-order valence-electron chi connectivity index (χ1n) is 19.0. The van der Waals surface area contributed by atoms with Crippen LogP contribution >= 0.6 is 0 Å². The number of benzene rings is 8. The molecule has 0 heterocycles. The summed E-state index contributed by atoms with van der Waals surface area (Å²) in [4.78, 5) is 37.6. The molecule has 0 aliphatic heterocycles. The molecular formula is C49H40N4O6. The Labute approximate surface area is 340 Å². The topological polar surface area (TPSA) is 141 Å². The highest BCUT2D eigenvalue weighted by atomic mass is 16.6. The summed E-state index contributed by atoms with van der Waals surface area (Å²) < 4.78 is 0. The zero-order chi connectivity index (χ0) is 40.6. The van der Waals surface area contributed by atoms with E-state index in [0.717, 1.165) is 38.8 Å². The Morgan fingerprint density at radius 3 is 1.66 bits per heavy atom. The molecular weight excluding hydrogens is 741 g/mol. The number of phenolic OH excluding ortho intramolecular Hbond substituents is 2. The fourth-order valence-corrected chi connectivity index (χ4v) is 6.66. The smallest absolute Gasteiger partial charge is 0.259 e. The predicted molar refractivity (Wildman–Crippen MR) is 233 cm³/mol.